The molecule has 0 bridgehead atoms. The Bertz CT molecular complexity index is 916. The molecule has 1 aliphatic rings. The van der Waals surface area contributed by atoms with Gasteiger partial charge in [-0.2, -0.15) is 0 Å². The van der Waals surface area contributed by atoms with Crippen LogP contribution in [0.2, 0.25) is 0 Å². The Morgan fingerprint density at radius 3 is 2.65 bits per heavy atom. The van der Waals surface area contributed by atoms with E-state index in [2.05, 4.69) is 17.1 Å². The first-order valence-electron chi connectivity index (χ1n) is 9.06. The molecule has 1 aromatic heterocycles. The average Bonchev–Trinajstić information content (AvgIpc) is 3.16. The summed E-state index contributed by atoms with van der Waals surface area (Å²) >= 11 is 0. The molecule has 2 aromatic carbocycles. The fourth-order valence-electron chi connectivity index (χ4n) is 3.74. The van der Waals surface area contributed by atoms with Crippen LogP contribution < -0.4 is 0 Å². The van der Waals surface area contributed by atoms with E-state index in [0.29, 0.717) is 11.6 Å². The standard InChI is InChI=1S/C22H22N2O2/c25-15-17-7-5-16(6-8-17)13-18-10-12-24(14-18)22(26)21-20-4-2-1-3-19(20)9-11-23-21/h1-9,11,18,25H,10,12-15H2. The molecule has 4 heteroatoms. The van der Waals surface area contributed by atoms with Gasteiger partial charge in [0.2, 0.25) is 0 Å². The van der Waals surface area contributed by atoms with Crippen LogP contribution in [0, 0.1) is 5.92 Å². The summed E-state index contributed by atoms with van der Waals surface area (Å²) in [6.45, 7) is 1.62. The van der Waals surface area contributed by atoms with Crippen LogP contribution in [0.5, 0.6) is 0 Å². The number of carbonyl (C=O) groups excluding carboxylic acids is 1. The van der Waals surface area contributed by atoms with Crippen molar-refractivity contribution in [3.63, 3.8) is 0 Å². The molecule has 1 amide bonds. The van der Waals surface area contributed by atoms with Crippen molar-refractivity contribution in [1.29, 1.82) is 0 Å². The summed E-state index contributed by atoms with van der Waals surface area (Å²) < 4.78 is 0. The van der Waals surface area contributed by atoms with E-state index in [1.165, 1.54) is 5.56 Å². The number of fused-ring (bicyclic) bond motifs is 1. The van der Waals surface area contributed by atoms with E-state index in [1.54, 1.807) is 6.20 Å². The topological polar surface area (TPSA) is 53.4 Å². The van der Waals surface area contributed by atoms with Gasteiger partial charge in [-0.05, 0) is 41.3 Å². The van der Waals surface area contributed by atoms with Crippen LogP contribution in [0.1, 0.15) is 28.0 Å². The highest BCUT2D eigenvalue weighted by atomic mass is 16.3. The molecule has 4 nitrogen and oxygen atoms in total. The maximum absolute atomic E-state index is 13.0. The Hall–Kier alpha value is -2.72. The molecule has 1 atom stereocenters. The van der Waals surface area contributed by atoms with Crippen LogP contribution in [0.15, 0.2) is 60.8 Å². The zero-order chi connectivity index (χ0) is 17.9. The van der Waals surface area contributed by atoms with Gasteiger partial charge in [0.05, 0.1) is 6.61 Å². The number of nitrogens with zero attached hydrogens (tertiary/aromatic N) is 2. The van der Waals surface area contributed by atoms with Gasteiger partial charge in [-0.15, -0.1) is 0 Å². The summed E-state index contributed by atoms with van der Waals surface area (Å²) in [5, 5.41) is 11.1. The van der Waals surface area contributed by atoms with Gasteiger partial charge in [0.1, 0.15) is 5.69 Å². The van der Waals surface area contributed by atoms with Crippen LogP contribution in [0.25, 0.3) is 10.8 Å². The number of carbonyl (C=O) groups is 1. The van der Waals surface area contributed by atoms with Gasteiger partial charge < -0.3 is 10.0 Å². The third-order valence-electron chi connectivity index (χ3n) is 5.18. The number of rotatable bonds is 4. The van der Waals surface area contributed by atoms with Crippen LogP contribution >= 0.6 is 0 Å². The Labute approximate surface area is 153 Å². The quantitative estimate of drug-likeness (QED) is 0.787. The van der Waals surface area contributed by atoms with Crippen molar-refractivity contribution in [3.8, 4) is 0 Å². The minimum Gasteiger partial charge on any atom is -0.392 e. The van der Waals surface area contributed by atoms with Crippen molar-refractivity contribution in [3.05, 3.63) is 77.6 Å². The van der Waals surface area contributed by atoms with E-state index in [4.69, 9.17) is 5.11 Å². The minimum absolute atomic E-state index is 0.0277. The second-order valence-electron chi connectivity index (χ2n) is 6.97. The number of pyridine rings is 1. The molecule has 0 radical (unpaired) electrons. The molecule has 26 heavy (non-hydrogen) atoms. The smallest absolute Gasteiger partial charge is 0.273 e. The molecule has 1 aliphatic heterocycles. The summed E-state index contributed by atoms with van der Waals surface area (Å²) in [6.07, 6.45) is 3.68. The maximum atomic E-state index is 13.0. The first kappa shape index (κ1) is 16.7. The number of aliphatic hydroxyl groups excluding tert-OH is 1. The Kier molecular flexibility index (Phi) is 4.67. The highest BCUT2D eigenvalue weighted by Gasteiger charge is 2.28. The van der Waals surface area contributed by atoms with E-state index >= 15 is 0 Å². The third kappa shape index (κ3) is 3.33. The van der Waals surface area contributed by atoms with Crippen molar-refractivity contribution in [2.24, 2.45) is 5.92 Å². The van der Waals surface area contributed by atoms with Crippen molar-refractivity contribution in [2.45, 2.75) is 19.4 Å². The SMILES string of the molecule is O=C(c1nccc2ccccc12)N1CCC(Cc2ccc(CO)cc2)C1. The first-order chi connectivity index (χ1) is 12.7. The summed E-state index contributed by atoms with van der Waals surface area (Å²) in [4.78, 5) is 19.3. The van der Waals surface area contributed by atoms with Crippen molar-refractivity contribution < 1.29 is 9.90 Å². The molecular formula is C22H22N2O2. The van der Waals surface area contributed by atoms with Crippen molar-refractivity contribution in [1.82, 2.24) is 9.88 Å². The lowest BCUT2D eigenvalue weighted by molar-refractivity contribution is 0.0783. The fraction of sp³-hybridized carbons (Fsp3) is 0.273. The second-order valence-corrected chi connectivity index (χ2v) is 6.97. The molecule has 0 aliphatic carbocycles. The Morgan fingerprint density at radius 1 is 1.08 bits per heavy atom. The number of aromatic nitrogens is 1. The van der Waals surface area contributed by atoms with Crippen molar-refractivity contribution in [2.75, 3.05) is 13.1 Å². The van der Waals surface area contributed by atoms with Crippen LogP contribution in [0.4, 0.5) is 0 Å². The van der Waals surface area contributed by atoms with Gasteiger partial charge >= 0.3 is 0 Å². The van der Waals surface area contributed by atoms with E-state index in [9.17, 15) is 4.79 Å². The summed E-state index contributed by atoms with van der Waals surface area (Å²) in [5.41, 5.74) is 2.74. The van der Waals surface area contributed by atoms with Crippen molar-refractivity contribution >= 4 is 16.7 Å². The largest absolute Gasteiger partial charge is 0.392 e. The number of amides is 1. The number of hydrogen-bond donors (Lipinski definition) is 1. The molecule has 0 saturated carbocycles. The molecule has 0 spiro atoms. The molecule has 1 N–H and O–H groups in total. The lowest BCUT2D eigenvalue weighted by Crippen LogP contribution is -2.29. The average molecular weight is 346 g/mol. The first-order valence-corrected chi connectivity index (χ1v) is 9.06. The summed E-state index contributed by atoms with van der Waals surface area (Å²) in [7, 11) is 0. The van der Waals surface area contributed by atoms with E-state index in [0.717, 1.165) is 42.3 Å². The monoisotopic (exact) mass is 346 g/mol. The molecule has 2 heterocycles. The summed E-state index contributed by atoms with van der Waals surface area (Å²) in [6, 6.07) is 17.9. The lowest BCUT2D eigenvalue weighted by atomic mass is 9.98. The molecule has 1 fully saturated rings. The van der Waals surface area contributed by atoms with Gasteiger partial charge in [-0.3, -0.25) is 9.78 Å². The number of likely N-dealkylation sites (tertiary alicyclic amines) is 1. The lowest BCUT2D eigenvalue weighted by Gasteiger charge is -2.17. The Balaban J connectivity index is 1.46. The van der Waals surface area contributed by atoms with Crippen LogP contribution in [-0.4, -0.2) is 34.0 Å². The molecule has 4 rings (SSSR count). The highest BCUT2D eigenvalue weighted by Crippen LogP contribution is 2.24. The zero-order valence-corrected chi connectivity index (χ0v) is 14.6. The van der Waals surface area contributed by atoms with Crippen LogP contribution in [0.3, 0.4) is 0 Å². The normalized spacial score (nSPS) is 17.0. The van der Waals surface area contributed by atoms with Gasteiger partial charge in [-0.25, -0.2) is 0 Å². The molecule has 1 unspecified atom stereocenters. The number of hydrogen-bond acceptors (Lipinski definition) is 3. The van der Waals surface area contributed by atoms with Crippen LogP contribution in [-0.2, 0) is 13.0 Å². The van der Waals surface area contributed by atoms with E-state index in [-0.39, 0.29) is 12.5 Å². The number of benzene rings is 2. The highest BCUT2D eigenvalue weighted by molar-refractivity contribution is 6.05. The molecule has 1 saturated heterocycles. The third-order valence-corrected chi connectivity index (χ3v) is 5.18. The molecular weight excluding hydrogens is 324 g/mol. The Morgan fingerprint density at radius 2 is 1.85 bits per heavy atom. The van der Waals surface area contributed by atoms with Gasteiger partial charge in [0, 0.05) is 24.7 Å². The fourth-order valence-corrected chi connectivity index (χ4v) is 3.74. The number of aliphatic hydroxyl groups is 1. The van der Waals surface area contributed by atoms with Gasteiger partial charge in [0.15, 0.2) is 0 Å². The maximum Gasteiger partial charge on any atom is 0.273 e. The zero-order valence-electron chi connectivity index (χ0n) is 14.6. The summed E-state index contributed by atoms with van der Waals surface area (Å²) in [5.74, 6) is 0.494. The van der Waals surface area contributed by atoms with E-state index < -0.39 is 0 Å². The van der Waals surface area contributed by atoms with E-state index in [1.807, 2.05) is 47.4 Å². The molecule has 3 aromatic rings. The molecule has 132 valence electrons. The predicted molar refractivity (Wildman–Crippen MR) is 102 cm³/mol. The minimum atomic E-state index is 0.0277. The van der Waals surface area contributed by atoms with Gasteiger partial charge in [0.25, 0.3) is 5.91 Å². The second kappa shape index (κ2) is 7.26. The van der Waals surface area contributed by atoms with Gasteiger partial charge in [-0.1, -0.05) is 48.5 Å². The predicted octanol–water partition coefficient (Wildman–Crippen LogP) is 3.43.